The van der Waals surface area contributed by atoms with Crippen molar-refractivity contribution in [3.63, 3.8) is 0 Å². The molecule has 0 saturated heterocycles. The predicted octanol–water partition coefficient (Wildman–Crippen LogP) is 15.3. The smallest absolute Gasteiger partial charge is 0 e. The molecule has 0 bridgehead atoms. The van der Waals surface area contributed by atoms with Gasteiger partial charge in [-0.2, -0.15) is 0 Å². The first-order valence-electron chi connectivity index (χ1n) is 25.1. The average Bonchev–Trinajstić information content (AvgIpc) is 4.06. The van der Waals surface area contributed by atoms with Gasteiger partial charge in [-0.15, -0.1) is 18.2 Å². The van der Waals surface area contributed by atoms with Crippen LogP contribution in [0, 0.1) is 37.8 Å². The molecule has 10 rings (SSSR count). The Morgan fingerprint density at radius 3 is 2.23 bits per heavy atom. The molecule has 0 amide bonds. The van der Waals surface area contributed by atoms with Crippen molar-refractivity contribution in [2.75, 3.05) is 0 Å². The summed E-state index contributed by atoms with van der Waals surface area (Å²) < 4.78 is 10.5. The van der Waals surface area contributed by atoms with Crippen LogP contribution in [0.1, 0.15) is 114 Å². The molecule has 1 saturated carbocycles. The Bertz CT molecular complexity index is 3300. The van der Waals surface area contributed by atoms with Crippen LogP contribution in [0.5, 0.6) is 0 Å². The minimum Gasteiger partial charge on any atom is 0 e. The number of pyridine rings is 4. The van der Waals surface area contributed by atoms with Gasteiger partial charge < -0.3 is 8.98 Å². The van der Waals surface area contributed by atoms with Gasteiger partial charge in [-0.05, 0) is 70.7 Å². The average molecular weight is 1170 g/mol. The molecule has 363 valence electrons. The number of imidazole rings is 1. The molecule has 6 aromatic heterocycles. The third-order valence-electron chi connectivity index (χ3n) is 13.7. The van der Waals surface area contributed by atoms with Crippen LogP contribution in [0.3, 0.4) is 0 Å². The number of nitrogens with zero attached hydrogens (tertiary/aromatic N) is 6. The summed E-state index contributed by atoms with van der Waals surface area (Å²) in [5, 5.41) is 2.06. The zero-order valence-electron chi connectivity index (χ0n) is 43.2. The van der Waals surface area contributed by atoms with E-state index in [1.54, 1.807) is 0 Å². The topological polar surface area (TPSA) is 82.5 Å². The van der Waals surface area contributed by atoms with Crippen LogP contribution in [0.4, 0.5) is 0 Å². The molecule has 0 spiro atoms. The summed E-state index contributed by atoms with van der Waals surface area (Å²) >= 11 is -1.90. The number of hydrogen-bond donors (Lipinski definition) is 0. The maximum Gasteiger partial charge on any atom is 0 e. The molecule has 1 aliphatic rings. The van der Waals surface area contributed by atoms with Gasteiger partial charge in [0.25, 0.3) is 0 Å². The number of benzene rings is 3. The second-order valence-corrected chi connectivity index (χ2v) is 32.7. The second kappa shape index (κ2) is 20.8. The van der Waals surface area contributed by atoms with Gasteiger partial charge in [-0.1, -0.05) is 108 Å². The molecule has 7 nitrogen and oxygen atoms in total. The van der Waals surface area contributed by atoms with Crippen molar-refractivity contribution in [2.24, 2.45) is 11.8 Å². The first kappa shape index (κ1) is 51.1. The van der Waals surface area contributed by atoms with Crippen molar-refractivity contribution in [2.45, 2.75) is 129 Å². The fourth-order valence-corrected chi connectivity index (χ4v) is 13.5. The summed E-state index contributed by atoms with van der Waals surface area (Å²) in [5.74, 6) is 9.75. The van der Waals surface area contributed by atoms with Crippen LogP contribution in [-0.2, 0) is 38.4 Å². The summed E-state index contributed by atoms with van der Waals surface area (Å²) in [5.41, 5.74) is 16.4. The number of furan rings is 1. The van der Waals surface area contributed by atoms with Gasteiger partial charge in [0.1, 0.15) is 0 Å². The Morgan fingerprint density at radius 2 is 1.54 bits per heavy atom. The van der Waals surface area contributed by atoms with Crippen molar-refractivity contribution in [3.8, 4) is 39.5 Å². The van der Waals surface area contributed by atoms with Crippen LogP contribution in [0.15, 0.2) is 108 Å². The van der Waals surface area contributed by atoms with E-state index < -0.39 is 13.3 Å². The molecule has 1 aliphatic carbocycles. The van der Waals surface area contributed by atoms with Crippen molar-refractivity contribution in [1.82, 2.24) is 29.5 Å². The monoisotopic (exact) mass is 1170 g/mol. The Hall–Kier alpha value is -5.28. The summed E-state index contributed by atoms with van der Waals surface area (Å²) in [6.07, 6.45) is 11.4. The van der Waals surface area contributed by atoms with Crippen molar-refractivity contribution >= 4 is 50.8 Å². The molecule has 70 heavy (non-hydrogen) atoms. The van der Waals surface area contributed by atoms with Gasteiger partial charge in [0.15, 0.2) is 0 Å². The molecule has 0 N–H and O–H groups in total. The van der Waals surface area contributed by atoms with Crippen molar-refractivity contribution < 1.29 is 24.5 Å². The third-order valence-corrected chi connectivity index (χ3v) is 18.0. The molecule has 1 fully saturated rings. The molecular weight excluding hydrogens is 1100 g/mol. The molecule has 3 aromatic carbocycles. The van der Waals surface area contributed by atoms with E-state index in [4.69, 9.17) is 24.4 Å². The summed E-state index contributed by atoms with van der Waals surface area (Å²) in [6.45, 7) is 19.8. The van der Waals surface area contributed by atoms with E-state index in [1.807, 2.05) is 32.2 Å². The number of rotatable bonds is 10. The van der Waals surface area contributed by atoms with Gasteiger partial charge in [0.05, 0.1) is 28.6 Å². The van der Waals surface area contributed by atoms with Crippen molar-refractivity contribution in [1.29, 1.82) is 0 Å². The fourth-order valence-electron chi connectivity index (χ4n) is 10.1. The standard InChI is InChI=1S/C42H41N4O.C19H27GeN2.Ir/c1-26(2)35-24-38-36(25-43-35)45-40(46(38)37-21-18-29(23-34(37)42(3,4)5)28-14-7-6-8-15-28)33-17-11-16-31-32-20-19-30(22-27-12-9-10-13-27)44-41(32)47-39(31)33;1-13(2)10-16-11-19(21-12-18(16)20(5,6)7)17-9-8-14(3)22-15(17)4;/h6-8,11,14-16,18-21,23-27H,9-10,12-13,22H2,1-5H3;8,11-13H,10H2,1-7H3;/q2*-1;. The third kappa shape index (κ3) is 10.8. The zero-order chi connectivity index (χ0) is 48.8. The van der Waals surface area contributed by atoms with Crippen LogP contribution in [0.25, 0.3) is 72.6 Å². The quantitative estimate of drug-likeness (QED) is 0.100. The number of fused-ring (bicyclic) bond motifs is 4. The van der Waals surface area contributed by atoms with E-state index in [0.29, 0.717) is 11.6 Å². The van der Waals surface area contributed by atoms with Crippen LogP contribution >= 0.6 is 0 Å². The normalized spacial score (nSPS) is 13.4. The number of hydrogen-bond acceptors (Lipinski definition) is 6. The Morgan fingerprint density at radius 1 is 0.786 bits per heavy atom. The molecule has 0 unspecified atom stereocenters. The molecule has 6 heterocycles. The van der Waals surface area contributed by atoms with E-state index >= 15 is 0 Å². The molecule has 9 aromatic rings. The maximum atomic E-state index is 6.66. The predicted molar refractivity (Wildman–Crippen MR) is 289 cm³/mol. The molecule has 0 atom stereocenters. The van der Waals surface area contributed by atoms with Crippen LogP contribution < -0.4 is 4.40 Å². The summed E-state index contributed by atoms with van der Waals surface area (Å²) in [4.78, 5) is 24.4. The van der Waals surface area contributed by atoms with E-state index in [9.17, 15) is 0 Å². The van der Waals surface area contributed by atoms with Gasteiger partial charge in [-0.3, -0.25) is 9.97 Å². The minimum absolute atomic E-state index is 0. The first-order valence-corrected chi connectivity index (χ1v) is 32.4. The van der Waals surface area contributed by atoms with E-state index in [-0.39, 0.29) is 31.4 Å². The van der Waals surface area contributed by atoms with Crippen LogP contribution in [0.2, 0.25) is 17.3 Å². The second-order valence-electron chi connectivity index (χ2n) is 22.2. The van der Waals surface area contributed by atoms with E-state index in [0.717, 1.165) is 97.3 Å². The van der Waals surface area contributed by atoms with Gasteiger partial charge >= 0.3 is 138 Å². The van der Waals surface area contributed by atoms with Crippen molar-refractivity contribution in [3.05, 3.63) is 149 Å². The van der Waals surface area contributed by atoms with E-state index in [2.05, 4.69) is 172 Å². The molecule has 9 heteroatoms. The van der Waals surface area contributed by atoms with E-state index in [1.165, 1.54) is 52.3 Å². The number of aromatic nitrogens is 6. The zero-order valence-corrected chi connectivity index (χ0v) is 47.7. The maximum absolute atomic E-state index is 6.66. The minimum atomic E-state index is -1.90. The van der Waals surface area contributed by atoms with Crippen LogP contribution in [-0.4, -0.2) is 42.8 Å². The van der Waals surface area contributed by atoms with Gasteiger partial charge in [-0.25, -0.2) is 4.98 Å². The fraction of sp³-hybridized carbons (Fsp3) is 0.361. The SMILES string of the molecule is CC(C)c1cc2c(cn1)nc(-c1[c-]ccc3c1oc1nc(CC4CCCC4)ccc13)n2-c1ccc(-c2ccccc2)cc1C(C)(C)C.Cc1c[c-]c(-c2cc(CC(C)C)[c]([Ge]([CH3])([CH3])[CH3])cn2)c(C)n1.[Ir]. The molecular formula is C61H68GeIrN6O-2. The summed E-state index contributed by atoms with van der Waals surface area (Å²) in [7, 11) is 0. The Kier molecular flexibility index (Phi) is 15.2. The van der Waals surface area contributed by atoms with Gasteiger partial charge in [0, 0.05) is 42.6 Å². The Balaban J connectivity index is 0.000000242. The Labute approximate surface area is 432 Å². The summed E-state index contributed by atoms with van der Waals surface area (Å²) in [6, 6.07) is 39.2. The molecule has 1 radical (unpaired) electrons. The molecule has 0 aliphatic heterocycles. The number of aryl methyl sites for hydroxylation is 2. The largest absolute Gasteiger partial charge is 0 e. The first-order chi connectivity index (χ1) is 32.9. The van der Waals surface area contributed by atoms with Gasteiger partial charge in [0.2, 0.25) is 5.71 Å².